The fourth-order valence-corrected chi connectivity index (χ4v) is 3.43. The van der Waals surface area contributed by atoms with Gasteiger partial charge in [-0.15, -0.1) is 11.3 Å². The summed E-state index contributed by atoms with van der Waals surface area (Å²) in [5, 5.41) is 3.24. The maximum absolute atomic E-state index is 4.73. The highest BCUT2D eigenvalue weighted by Gasteiger charge is 2.18. The Morgan fingerprint density at radius 3 is 2.47 bits per heavy atom. The number of halogens is 1. The lowest BCUT2D eigenvalue weighted by Crippen LogP contribution is -2.11. The van der Waals surface area contributed by atoms with Crippen molar-refractivity contribution in [2.45, 2.75) is 33.1 Å². The minimum absolute atomic E-state index is 0.117. The largest absolute Gasteiger partial charge is 0.241 e. The lowest BCUT2D eigenvalue weighted by Gasteiger charge is -2.14. The zero-order valence-electron chi connectivity index (χ0n) is 10.5. The zero-order chi connectivity index (χ0) is 12.6. The van der Waals surface area contributed by atoms with Gasteiger partial charge in [0.2, 0.25) is 0 Å². The quantitative estimate of drug-likeness (QED) is 0.707. The van der Waals surface area contributed by atoms with Crippen LogP contribution in [0.15, 0.2) is 28.1 Å². The summed E-state index contributed by atoms with van der Waals surface area (Å²) >= 11 is 5.32. The van der Waals surface area contributed by atoms with Crippen molar-refractivity contribution in [2.75, 3.05) is 0 Å². The Kier molecular flexibility index (Phi) is 3.41. The third kappa shape index (κ3) is 2.78. The summed E-state index contributed by atoms with van der Waals surface area (Å²) in [6, 6.07) is 6.39. The molecule has 0 aliphatic heterocycles. The van der Waals surface area contributed by atoms with E-state index in [2.05, 4.69) is 67.2 Å². The highest BCUT2D eigenvalue weighted by molar-refractivity contribution is 9.10. The number of benzene rings is 1. The van der Waals surface area contributed by atoms with Crippen molar-refractivity contribution in [1.82, 2.24) is 4.98 Å². The van der Waals surface area contributed by atoms with E-state index in [1.807, 2.05) is 0 Å². The molecule has 1 aromatic carbocycles. The Morgan fingerprint density at radius 1 is 1.24 bits per heavy atom. The third-order valence-corrected chi connectivity index (χ3v) is 4.16. The second kappa shape index (κ2) is 4.54. The van der Waals surface area contributed by atoms with Gasteiger partial charge in [0.05, 0.1) is 5.69 Å². The summed E-state index contributed by atoms with van der Waals surface area (Å²) in [5.41, 5.74) is 3.71. The maximum Gasteiger partial charge on any atom is 0.124 e. The molecular weight excluding hydrogens is 294 g/mol. The van der Waals surface area contributed by atoms with Gasteiger partial charge in [0.25, 0.3) is 0 Å². The van der Waals surface area contributed by atoms with Crippen molar-refractivity contribution >= 4 is 27.3 Å². The Morgan fingerprint density at radius 2 is 1.94 bits per heavy atom. The van der Waals surface area contributed by atoms with Crippen molar-refractivity contribution in [3.8, 4) is 10.6 Å². The smallest absolute Gasteiger partial charge is 0.124 e. The SMILES string of the molecule is Cc1ccc(-c2nc(C(C)(C)C)cs2)c(Br)c1. The van der Waals surface area contributed by atoms with E-state index >= 15 is 0 Å². The molecule has 0 N–H and O–H groups in total. The first kappa shape index (κ1) is 12.8. The van der Waals surface area contributed by atoms with Gasteiger partial charge in [-0.1, -0.05) is 48.8 Å². The van der Waals surface area contributed by atoms with Gasteiger partial charge in [0.15, 0.2) is 0 Å². The monoisotopic (exact) mass is 309 g/mol. The van der Waals surface area contributed by atoms with Gasteiger partial charge in [-0.25, -0.2) is 4.98 Å². The summed E-state index contributed by atoms with van der Waals surface area (Å²) in [7, 11) is 0. The van der Waals surface area contributed by atoms with Gasteiger partial charge in [0, 0.05) is 20.8 Å². The van der Waals surface area contributed by atoms with Gasteiger partial charge in [-0.3, -0.25) is 0 Å². The van der Waals surface area contributed by atoms with E-state index in [9.17, 15) is 0 Å². The predicted octanol–water partition coefficient (Wildman–Crippen LogP) is 5.18. The van der Waals surface area contributed by atoms with Crippen LogP contribution in [-0.4, -0.2) is 4.98 Å². The molecule has 0 fully saturated rings. The standard InChI is InChI=1S/C14H16BrNS/c1-9-5-6-10(11(15)7-9)13-16-12(8-17-13)14(2,3)4/h5-8H,1-4H3. The minimum Gasteiger partial charge on any atom is -0.241 e. The van der Waals surface area contributed by atoms with Crippen molar-refractivity contribution in [1.29, 1.82) is 0 Å². The molecule has 0 radical (unpaired) electrons. The fraction of sp³-hybridized carbons (Fsp3) is 0.357. The number of hydrogen-bond acceptors (Lipinski definition) is 2. The van der Waals surface area contributed by atoms with Gasteiger partial charge >= 0.3 is 0 Å². The fourth-order valence-electron chi connectivity index (χ4n) is 1.54. The Labute approximate surface area is 115 Å². The summed E-state index contributed by atoms with van der Waals surface area (Å²) < 4.78 is 1.12. The van der Waals surface area contributed by atoms with E-state index in [1.165, 1.54) is 11.1 Å². The van der Waals surface area contributed by atoms with Crippen LogP contribution in [0.2, 0.25) is 0 Å². The highest BCUT2D eigenvalue weighted by atomic mass is 79.9. The lowest BCUT2D eigenvalue weighted by atomic mass is 9.93. The van der Waals surface area contributed by atoms with Gasteiger partial charge in [-0.05, 0) is 18.6 Å². The van der Waals surface area contributed by atoms with Crippen molar-refractivity contribution in [3.05, 3.63) is 39.3 Å². The Bertz CT molecular complexity index is 537. The molecule has 0 saturated heterocycles. The molecule has 0 unspecified atom stereocenters. The highest BCUT2D eigenvalue weighted by Crippen LogP contribution is 2.34. The molecule has 0 saturated carbocycles. The van der Waals surface area contributed by atoms with Gasteiger partial charge in [-0.2, -0.15) is 0 Å². The van der Waals surface area contributed by atoms with Crippen molar-refractivity contribution in [2.24, 2.45) is 0 Å². The molecule has 3 heteroatoms. The predicted molar refractivity (Wildman–Crippen MR) is 78.7 cm³/mol. The van der Waals surface area contributed by atoms with E-state index in [1.54, 1.807) is 11.3 Å². The van der Waals surface area contributed by atoms with Crippen LogP contribution in [0.5, 0.6) is 0 Å². The average molecular weight is 310 g/mol. The maximum atomic E-state index is 4.73. The molecular formula is C14H16BrNS. The van der Waals surface area contributed by atoms with Crippen LogP contribution >= 0.6 is 27.3 Å². The molecule has 17 heavy (non-hydrogen) atoms. The molecule has 2 aromatic rings. The Hall–Kier alpha value is -0.670. The van der Waals surface area contributed by atoms with Gasteiger partial charge < -0.3 is 0 Å². The van der Waals surface area contributed by atoms with Crippen LogP contribution in [-0.2, 0) is 5.41 Å². The second-order valence-corrected chi connectivity index (χ2v) is 6.98. The molecule has 0 atom stereocenters. The first-order valence-electron chi connectivity index (χ1n) is 5.60. The number of thiazole rings is 1. The molecule has 0 aliphatic carbocycles. The summed E-state index contributed by atoms with van der Waals surface area (Å²) in [5.74, 6) is 0. The topological polar surface area (TPSA) is 12.9 Å². The molecule has 1 nitrogen and oxygen atoms in total. The van der Waals surface area contributed by atoms with E-state index in [0.717, 1.165) is 15.2 Å². The number of aromatic nitrogens is 1. The first-order valence-corrected chi connectivity index (χ1v) is 7.28. The molecule has 1 aromatic heterocycles. The number of rotatable bonds is 1. The van der Waals surface area contributed by atoms with Crippen LogP contribution in [0, 0.1) is 6.92 Å². The molecule has 0 aliphatic rings. The van der Waals surface area contributed by atoms with Crippen LogP contribution in [0.1, 0.15) is 32.0 Å². The van der Waals surface area contributed by atoms with Crippen LogP contribution < -0.4 is 0 Å². The molecule has 2 rings (SSSR count). The lowest BCUT2D eigenvalue weighted by molar-refractivity contribution is 0.573. The normalized spacial score (nSPS) is 11.8. The van der Waals surface area contributed by atoms with E-state index in [4.69, 9.17) is 4.98 Å². The molecule has 90 valence electrons. The molecule has 0 amide bonds. The Balaban J connectivity index is 2.44. The van der Waals surface area contributed by atoms with Crippen LogP contribution in [0.3, 0.4) is 0 Å². The van der Waals surface area contributed by atoms with E-state index in [-0.39, 0.29) is 5.41 Å². The zero-order valence-corrected chi connectivity index (χ0v) is 12.9. The average Bonchev–Trinajstić information content (AvgIpc) is 2.65. The number of nitrogens with zero attached hydrogens (tertiary/aromatic N) is 1. The van der Waals surface area contributed by atoms with Crippen molar-refractivity contribution < 1.29 is 0 Å². The van der Waals surface area contributed by atoms with Gasteiger partial charge in [0.1, 0.15) is 5.01 Å². The van der Waals surface area contributed by atoms with Crippen LogP contribution in [0.25, 0.3) is 10.6 Å². The summed E-state index contributed by atoms with van der Waals surface area (Å²) in [6.07, 6.45) is 0. The molecule has 0 bridgehead atoms. The summed E-state index contributed by atoms with van der Waals surface area (Å²) in [6.45, 7) is 8.67. The number of hydrogen-bond donors (Lipinski definition) is 0. The van der Waals surface area contributed by atoms with E-state index in [0.29, 0.717) is 0 Å². The molecule has 1 heterocycles. The van der Waals surface area contributed by atoms with Crippen LogP contribution in [0.4, 0.5) is 0 Å². The first-order chi connectivity index (χ1) is 7.88. The third-order valence-electron chi connectivity index (χ3n) is 2.63. The number of aryl methyl sites for hydroxylation is 1. The van der Waals surface area contributed by atoms with E-state index < -0.39 is 0 Å². The minimum atomic E-state index is 0.117. The molecule has 0 spiro atoms. The second-order valence-electron chi connectivity index (χ2n) is 5.27. The summed E-state index contributed by atoms with van der Waals surface area (Å²) in [4.78, 5) is 4.73. The van der Waals surface area contributed by atoms with Crippen molar-refractivity contribution in [3.63, 3.8) is 0 Å².